The van der Waals surface area contributed by atoms with Crippen molar-refractivity contribution in [1.82, 2.24) is 0 Å². The van der Waals surface area contributed by atoms with Crippen molar-refractivity contribution in [3.05, 3.63) is 0 Å². The second-order valence-corrected chi connectivity index (χ2v) is 3.60. The van der Waals surface area contributed by atoms with Gasteiger partial charge in [0.15, 0.2) is 0 Å². The van der Waals surface area contributed by atoms with Crippen LogP contribution in [0.25, 0.3) is 0 Å². The molecular weight excluding hydrogens is 176 g/mol. The van der Waals surface area contributed by atoms with Gasteiger partial charge in [0.2, 0.25) is 5.79 Å². The maximum absolute atomic E-state index is 10.0. The van der Waals surface area contributed by atoms with Crippen molar-refractivity contribution >= 4 is 6.47 Å². The number of hydrogen-bond acceptors (Lipinski definition) is 5. The van der Waals surface area contributed by atoms with Crippen molar-refractivity contribution in [2.45, 2.75) is 37.8 Å². The maximum atomic E-state index is 10.0. The van der Waals surface area contributed by atoms with Crippen LogP contribution in [0.15, 0.2) is 0 Å². The van der Waals surface area contributed by atoms with Gasteiger partial charge in [0, 0.05) is 12.8 Å². The highest BCUT2D eigenvalue weighted by molar-refractivity contribution is 5.38. The molecule has 0 bridgehead atoms. The molecule has 0 aromatic rings. The van der Waals surface area contributed by atoms with Gasteiger partial charge >= 0.3 is 0 Å². The minimum atomic E-state index is -1.63. The Balaban J connectivity index is 2.66. The number of aliphatic hydroxyl groups is 3. The molecule has 1 aliphatic carbocycles. The van der Waals surface area contributed by atoms with E-state index < -0.39 is 18.0 Å². The quantitative estimate of drug-likeness (QED) is 0.384. The van der Waals surface area contributed by atoms with E-state index >= 15 is 0 Å². The summed E-state index contributed by atoms with van der Waals surface area (Å²) in [5.41, 5.74) is 0. The van der Waals surface area contributed by atoms with Crippen molar-refractivity contribution in [2.24, 2.45) is 5.92 Å². The van der Waals surface area contributed by atoms with Gasteiger partial charge in [-0.25, -0.2) is 0 Å². The highest BCUT2D eigenvalue weighted by atomic mass is 16.6. The second kappa shape index (κ2) is 3.61. The van der Waals surface area contributed by atoms with E-state index in [9.17, 15) is 20.1 Å². The van der Waals surface area contributed by atoms with E-state index in [4.69, 9.17) is 0 Å². The van der Waals surface area contributed by atoms with E-state index in [1.807, 2.05) is 0 Å². The van der Waals surface area contributed by atoms with E-state index in [-0.39, 0.29) is 25.2 Å². The highest BCUT2D eigenvalue weighted by Crippen LogP contribution is 2.33. The zero-order valence-electron chi connectivity index (χ0n) is 7.38. The zero-order chi connectivity index (χ0) is 10.1. The molecule has 0 aliphatic heterocycles. The van der Waals surface area contributed by atoms with Gasteiger partial charge in [-0.2, -0.15) is 0 Å². The Hall–Kier alpha value is -0.650. The van der Waals surface area contributed by atoms with Crippen molar-refractivity contribution < 1.29 is 24.9 Å². The van der Waals surface area contributed by atoms with Gasteiger partial charge in [0.1, 0.15) is 0 Å². The molecule has 0 spiro atoms. The number of carbonyl (C=O) groups excluding carboxylic acids is 1. The predicted octanol–water partition coefficient (Wildman–Crippen LogP) is -1.00. The Bertz CT molecular complexity index is 181. The van der Waals surface area contributed by atoms with Gasteiger partial charge in [-0.15, -0.1) is 0 Å². The summed E-state index contributed by atoms with van der Waals surface area (Å²) in [6, 6.07) is 0. The third-order valence-corrected chi connectivity index (χ3v) is 2.41. The smallest absolute Gasteiger partial charge is 0.295 e. The molecule has 1 saturated carbocycles. The van der Waals surface area contributed by atoms with Crippen LogP contribution in [0.4, 0.5) is 0 Å². The van der Waals surface area contributed by atoms with Crippen LogP contribution < -0.4 is 0 Å². The molecule has 1 fully saturated rings. The molecule has 4 unspecified atom stereocenters. The normalized spacial score (nSPS) is 45.7. The standard InChI is InChI=1S/C8H14O5/c1-5-2-8(12,13-4-9)3-6(10)7(5)11/h4-7,10-12H,2-3H2,1H3. The van der Waals surface area contributed by atoms with E-state index in [1.165, 1.54) is 0 Å². The zero-order valence-corrected chi connectivity index (χ0v) is 7.38. The summed E-state index contributed by atoms with van der Waals surface area (Å²) in [4.78, 5) is 10.0. The molecule has 0 amide bonds. The minimum absolute atomic E-state index is 0.142. The van der Waals surface area contributed by atoms with Crippen molar-refractivity contribution in [3.8, 4) is 0 Å². The van der Waals surface area contributed by atoms with Crippen LogP contribution in [-0.2, 0) is 9.53 Å². The lowest BCUT2D eigenvalue weighted by Gasteiger charge is -2.39. The second-order valence-electron chi connectivity index (χ2n) is 3.60. The summed E-state index contributed by atoms with van der Waals surface area (Å²) in [7, 11) is 0. The van der Waals surface area contributed by atoms with Gasteiger partial charge in [-0.3, -0.25) is 4.79 Å². The van der Waals surface area contributed by atoms with Gasteiger partial charge in [0.25, 0.3) is 6.47 Å². The molecule has 0 saturated heterocycles. The first-order chi connectivity index (χ1) is 5.98. The van der Waals surface area contributed by atoms with Gasteiger partial charge < -0.3 is 20.1 Å². The van der Waals surface area contributed by atoms with Crippen LogP contribution >= 0.6 is 0 Å². The Kier molecular flexibility index (Phi) is 2.90. The largest absolute Gasteiger partial charge is 0.435 e. The molecule has 1 aliphatic rings. The van der Waals surface area contributed by atoms with E-state index in [0.717, 1.165) is 0 Å². The first-order valence-corrected chi connectivity index (χ1v) is 4.18. The number of ether oxygens (including phenoxy) is 1. The third-order valence-electron chi connectivity index (χ3n) is 2.41. The maximum Gasteiger partial charge on any atom is 0.295 e. The van der Waals surface area contributed by atoms with Crippen LogP contribution in [0.2, 0.25) is 0 Å². The molecule has 5 heteroatoms. The summed E-state index contributed by atoms with van der Waals surface area (Å²) in [5.74, 6) is -1.92. The molecule has 5 nitrogen and oxygen atoms in total. The Morgan fingerprint density at radius 3 is 2.54 bits per heavy atom. The van der Waals surface area contributed by atoms with Crippen LogP contribution in [0.3, 0.4) is 0 Å². The summed E-state index contributed by atoms with van der Waals surface area (Å²) in [6.07, 6.45) is -1.91. The molecule has 4 atom stereocenters. The fourth-order valence-electron chi connectivity index (χ4n) is 1.72. The fraction of sp³-hybridized carbons (Fsp3) is 0.875. The van der Waals surface area contributed by atoms with Crippen molar-refractivity contribution in [1.29, 1.82) is 0 Å². The summed E-state index contributed by atoms with van der Waals surface area (Å²) in [6.45, 7) is 1.82. The monoisotopic (exact) mass is 190 g/mol. The average molecular weight is 190 g/mol. The molecule has 0 aromatic carbocycles. The van der Waals surface area contributed by atoms with E-state index in [1.54, 1.807) is 6.92 Å². The summed E-state index contributed by atoms with van der Waals surface area (Å²) < 4.78 is 4.46. The molecule has 0 heterocycles. The lowest BCUT2D eigenvalue weighted by Crippen LogP contribution is -2.50. The van der Waals surface area contributed by atoms with Crippen molar-refractivity contribution in [2.75, 3.05) is 0 Å². The number of aliphatic hydroxyl groups excluding tert-OH is 2. The number of rotatable bonds is 2. The van der Waals surface area contributed by atoms with Crippen LogP contribution in [-0.4, -0.2) is 39.8 Å². The van der Waals surface area contributed by atoms with E-state index in [0.29, 0.717) is 0 Å². The van der Waals surface area contributed by atoms with Crippen LogP contribution in [0, 0.1) is 5.92 Å². The molecular formula is C8H14O5. The lowest BCUT2D eigenvalue weighted by molar-refractivity contribution is -0.241. The minimum Gasteiger partial charge on any atom is -0.435 e. The van der Waals surface area contributed by atoms with Gasteiger partial charge in [-0.05, 0) is 5.92 Å². The molecule has 76 valence electrons. The Labute approximate surface area is 75.9 Å². The van der Waals surface area contributed by atoms with Crippen LogP contribution in [0.5, 0.6) is 0 Å². The molecule has 13 heavy (non-hydrogen) atoms. The molecule has 0 radical (unpaired) electrons. The summed E-state index contributed by atoms with van der Waals surface area (Å²) in [5, 5.41) is 28.3. The van der Waals surface area contributed by atoms with Crippen molar-refractivity contribution in [3.63, 3.8) is 0 Å². The van der Waals surface area contributed by atoms with Crippen LogP contribution in [0.1, 0.15) is 19.8 Å². The molecule has 0 aromatic heterocycles. The molecule has 3 N–H and O–H groups in total. The molecule has 1 rings (SSSR count). The SMILES string of the molecule is CC1CC(O)(OC=O)CC(O)C1O. The van der Waals surface area contributed by atoms with E-state index in [2.05, 4.69) is 4.74 Å². The number of hydrogen-bond donors (Lipinski definition) is 3. The first kappa shape index (κ1) is 10.4. The highest BCUT2D eigenvalue weighted by Gasteiger charge is 2.43. The van der Waals surface area contributed by atoms with Gasteiger partial charge in [0.05, 0.1) is 12.2 Å². The third kappa shape index (κ3) is 2.18. The lowest BCUT2D eigenvalue weighted by atomic mass is 9.82. The fourth-order valence-corrected chi connectivity index (χ4v) is 1.72. The summed E-state index contributed by atoms with van der Waals surface area (Å²) >= 11 is 0. The topological polar surface area (TPSA) is 87.0 Å². The predicted molar refractivity (Wildman–Crippen MR) is 42.5 cm³/mol. The number of carbonyl (C=O) groups is 1. The average Bonchev–Trinajstić information content (AvgIpc) is 2.00. The Morgan fingerprint density at radius 1 is 1.46 bits per heavy atom. The van der Waals surface area contributed by atoms with Gasteiger partial charge in [-0.1, -0.05) is 6.92 Å². The first-order valence-electron chi connectivity index (χ1n) is 4.18. The Morgan fingerprint density at radius 2 is 2.08 bits per heavy atom.